The van der Waals surface area contributed by atoms with E-state index in [9.17, 15) is 4.79 Å². The zero-order chi connectivity index (χ0) is 18.8. The van der Waals surface area contributed by atoms with E-state index in [1.54, 1.807) is 0 Å². The number of carbonyl (C=O) groups is 1. The third-order valence-electron chi connectivity index (χ3n) is 4.50. The molecule has 1 amide bonds. The maximum atomic E-state index is 12.1. The van der Waals surface area contributed by atoms with Crippen LogP contribution in [-0.4, -0.2) is 28.9 Å². The van der Waals surface area contributed by atoms with Gasteiger partial charge >= 0.3 is 0 Å². The van der Waals surface area contributed by atoms with Crippen molar-refractivity contribution in [1.82, 2.24) is 15.9 Å². The van der Waals surface area contributed by atoms with E-state index in [-0.39, 0.29) is 11.9 Å². The second kappa shape index (κ2) is 7.38. The Kier molecular flexibility index (Phi) is 4.79. The Morgan fingerprint density at radius 1 is 1.15 bits per heavy atom. The lowest BCUT2D eigenvalue weighted by atomic mass is 10.1. The van der Waals surface area contributed by atoms with Crippen LogP contribution in [0.2, 0.25) is 0 Å². The molecule has 7 nitrogen and oxygen atoms in total. The van der Waals surface area contributed by atoms with Crippen LogP contribution in [0, 0.1) is 0 Å². The van der Waals surface area contributed by atoms with Gasteiger partial charge < -0.3 is 9.47 Å². The Labute approximate surface area is 157 Å². The molecule has 3 atom stereocenters. The first-order valence-electron chi connectivity index (χ1n) is 8.99. The Morgan fingerprint density at radius 3 is 2.63 bits per heavy atom. The van der Waals surface area contributed by atoms with Crippen LogP contribution in [0.15, 0.2) is 59.7 Å². The van der Waals surface area contributed by atoms with Crippen molar-refractivity contribution in [3.05, 3.63) is 60.2 Å². The summed E-state index contributed by atoms with van der Waals surface area (Å²) in [5.41, 5.74) is 7.10. The second-order valence-electron chi connectivity index (χ2n) is 6.74. The van der Waals surface area contributed by atoms with Gasteiger partial charge in [0.25, 0.3) is 0 Å². The molecule has 0 bridgehead atoms. The minimum Gasteiger partial charge on any atom is -0.457 e. The maximum Gasteiger partial charge on any atom is 0.243 e. The average Bonchev–Trinajstić information content (AvgIpc) is 3.29. The predicted octanol–water partition coefficient (Wildman–Crippen LogP) is 2.92. The largest absolute Gasteiger partial charge is 0.457 e. The molecular formula is C20H22N4O3. The van der Waals surface area contributed by atoms with Crippen molar-refractivity contribution in [1.29, 1.82) is 0 Å². The first-order chi connectivity index (χ1) is 13.1. The van der Waals surface area contributed by atoms with E-state index in [0.717, 1.165) is 17.7 Å². The summed E-state index contributed by atoms with van der Waals surface area (Å²) in [6.45, 7) is 3.56. The number of ether oxygens (including phenoxy) is 2. The van der Waals surface area contributed by atoms with Crippen LogP contribution in [0.1, 0.15) is 32.1 Å². The van der Waals surface area contributed by atoms with E-state index >= 15 is 0 Å². The van der Waals surface area contributed by atoms with Gasteiger partial charge in [0.1, 0.15) is 17.5 Å². The molecule has 0 saturated carbocycles. The van der Waals surface area contributed by atoms with Crippen molar-refractivity contribution in [2.45, 2.75) is 38.6 Å². The monoisotopic (exact) mass is 366 g/mol. The van der Waals surface area contributed by atoms with Crippen LogP contribution >= 0.6 is 0 Å². The number of benzene rings is 2. The number of para-hydroxylation sites is 1. The van der Waals surface area contributed by atoms with Gasteiger partial charge in [0.15, 0.2) is 0 Å². The van der Waals surface area contributed by atoms with Crippen molar-refractivity contribution in [3.63, 3.8) is 0 Å². The molecule has 2 aromatic rings. The summed E-state index contributed by atoms with van der Waals surface area (Å²) in [5, 5.41) is 5.79. The number of nitrogens with zero attached hydrogens (tertiary/aromatic N) is 2. The molecule has 140 valence electrons. The second-order valence-corrected chi connectivity index (χ2v) is 6.74. The van der Waals surface area contributed by atoms with Crippen molar-refractivity contribution < 1.29 is 14.3 Å². The summed E-state index contributed by atoms with van der Waals surface area (Å²) in [5.74, 6) is 1.76. The van der Waals surface area contributed by atoms with Crippen molar-refractivity contribution >= 4 is 11.8 Å². The predicted molar refractivity (Wildman–Crippen MR) is 101 cm³/mol. The zero-order valence-corrected chi connectivity index (χ0v) is 15.3. The third kappa shape index (κ3) is 3.79. The highest BCUT2D eigenvalue weighted by atomic mass is 16.5. The molecule has 2 N–H and O–H groups in total. The van der Waals surface area contributed by atoms with Crippen molar-refractivity contribution in [3.8, 4) is 11.5 Å². The molecule has 1 fully saturated rings. The molecule has 1 saturated heterocycles. The highest BCUT2D eigenvalue weighted by Gasteiger charge is 2.38. The molecule has 3 unspecified atom stereocenters. The van der Waals surface area contributed by atoms with Gasteiger partial charge in [0, 0.05) is 18.5 Å². The van der Waals surface area contributed by atoms with Crippen molar-refractivity contribution in [2.24, 2.45) is 5.10 Å². The molecule has 0 aliphatic carbocycles. The normalized spacial score (nSPS) is 24.4. The number of amides is 1. The van der Waals surface area contributed by atoms with Crippen LogP contribution in [0.3, 0.4) is 0 Å². The van der Waals surface area contributed by atoms with Gasteiger partial charge in [0.2, 0.25) is 18.0 Å². The highest BCUT2D eigenvalue weighted by Crippen LogP contribution is 2.33. The van der Waals surface area contributed by atoms with Gasteiger partial charge in [-0.15, -0.1) is 5.10 Å². The standard InChI is InChI=1S/C20H22N4O3/c1-13-11-18(22-21-13)19-23-24(14(2)25)20(27-19)15-7-6-10-17(12-15)26-16-8-4-3-5-9-16/h3-10,12-13,18,20-22H,11H2,1-2H3. The number of hydrogen-bond acceptors (Lipinski definition) is 6. The molecule has 27 heavy (non-hydrogen) atoms. The number of hydrogen-bond donors (Lipinski definition) is 2. The smallest absolute Gasteiger partial charge is 0.243 e. The van der Waals surface area contributed by atoms with Crippen molar-refractivity contribution in [2.75, 3.05) is 0 Å². The number of carbonyl (C=O) groups excluding carboxylic acids is 1. The molecule has 0 radical (unpaired) electrons. The highest BCUT2D eigenvalue weighted by molar-refractivity contribution is 5.86. The quantitative estimate of drug-likeness (QED) is 0.870. The molecule has 2 aliphatic heterocycles. The lowest BCUT2D eigenvalue weighted by molar-refractivity contribution is -0.135. The number of hydrazine groups is 1. The Bertz CT molecular complexity index is 855. The maximum absolute atomic E-state index is 12.1. The first kappa shape index (κ1) is 17.5. The van der Waals surface area contributed by atoms with E-state index in [1.807, 2.05) is 54.6 Å². The van der Waals surface area contributed by atoms with E-state index in [2.05, 4.69) is 22.9 Å². The summed E-state index contributed by atoms with van der Waals surface area (Å²) in [6, 6.07) is 17.3. The lowest BCUT2D eigenvalue weighted by Crippen LogP contribution is -2.37. The van der Waals surface area contributed by atoms with E-state index < -0.39 is 6.23 Å². The van der Waals surface area contributed by atoms with Crippen LogP contribution < -0.4 is 15.6 Å². The molecule has 7 heteroatoms. The summed E-state index contributed by atoms with van der Waals surface area (Å²) >= 11 is 0. The van der Waals surface area contributed by atoms with E-state index in [0.29, 0.717) is 17.7 Å². The van der Waals surface area contributed by atoms with Gasteiger partial charge in [-0.1, -0.05) is 30.3 Å². The van der Waals surface area contributed by atoms with Crippen LogP contribution in [-0.2, 0) is 9.53 Å². The molecule has 0 aromatic heterocycles. The summed E-state index contributed by atoms with van der Waals surface area (Å²) in [6.07, 6.45) is 0.239. The molecule has 0 spiro atoms. The van der Waals surface area contributed by atoms with Gasteiger partial charge in [-0.3, -0.25) is 10.2 Å². The molecule has 4 rings (SSSR count). The minimum atomic E-state index is -0.602. The Morgan fingerprint density at radius 2 is 1.93 bits per heavy atom. The fourth-order valence-corrected chi connectivity index (χ4v) is 3.18. The Balaban J connectivity index is 1.55. The van der Waals surface area contributed by atoms with Crippen LogP contribution in [0.5, 0.6) is 11.5 Å². The van der Waals surface area contributed by atoms with E-state index in [4.69, 9.17) is 9.47 Å². The lowest BCUT2D eigenvalue weighted by Gasteiger charge is -2.20. The summed E-state index contributed by atoms with van der Waals surface area (Å²) in [4.78, 5) is 12.1. The van der Waals surface area contributed by atoms with Crippen LogP contribution in [0.25, 0.3) is 0 Å². The number of nitrogens with one attached hydrogen (secondary N) is 2. The SMILES string of the molecule is CC(=O)N1N=C(C2CC(C)NN2)OC1c1cccc(Oc2ccccc2)c1. The van der Waals surface area contributed by atoms with E-state index in [1.165, 1.54) is 11.9 Å². The molecule has 2 heterocycles. The fraction of sp³-hybridized carbons (Fsp3) is 0.300. The topological polar surface area (TPSA) is 75.2 Å². The van der Waals surface area contributed by atoms with Gasteiger partial charge in [-0.25, -0.2) is 5.43 Å². The third-order valence-corrected chi connectivity index (χ3v) is 4.50. The van der Waals surface area contributed by atoms with Gasteiger partial charge in [0.05, 0.1) is 0 Å². The van der Waals surface area contributed by atoms with Crippen LogP contribution in [0.4, 0.5) is 0 Å². The summed E-state index contributed by atoms with van der Waals surface area (Å²) in [7, 11) is 0. The van der Waals surface area contributed by atoms with Gasteiger partial charge in [-0.2, -0.15) is 5.01 Å². The molecule has 2 aliphatic rings. The number of hydrazone groups is 1. The summed E-state index contributed by atoms with van der Waals surface area (Å²) < 4.78 is 12.0. The Hall–Kier alpha value is -2.90. The zero-order valence-electron chi connectivity index (χ0n) is 15.3. The fourth-order valence-electron chi connectivity index (χ4n) is 3.18. The molecule has 2 aromatic carbocycles. The molecular weight excluding hydrogens is 344 g/mol. The average molecular weight is 366 g/mol. The number of rotatable bonds is 4. The van der Waals surface area contributed by atoms with Gasteiger partial charge in [-0.05, 0) is 37.6 Å². The first-order valence-corrected chi connectivity index (χ1v) is 8.99. The minimum absolute atomic E-state index is 0.0596.